The summed E-state index contributed by atoms with van der Waals surface area (Å²) in [5.41, 5.74) is 1.79. The van der Waals surface area contributed by atoms with Crippen LogP contribution in [0.2, 0.25) is 0 Å². The summed E-state index contributed by atoms with van der Waals surface area (Å²) < 4.78 is 34.8. The van der Waals surface area contributed by atoms with Gasteiger partial charge in [0.25, 0.3) is 0 Å². The number of nitrogens with one attached hydrogen (secondary N) is 1. The highest BCUT2D eigenvalue weighted by Gasteiger charge is 2.49. The van der Waals surface area contributed by atoms with Crippen molar-refractivity contribution in [1.82, 2.24) is 4.31 Å². The highest BCUT2D eigenvalue weighted by Crippen LogP contribution is 2.49. The predicted molar refractivity (Wildman–Crippen MR) is 106 cm³/mol. The minimum atomic E-state index is -3.76. The molecule has 2 aromatic rings. The molecule has 2 aliphatic heterocycles. The molecule has 2 aliphatic rings. The summed E-state index contributed by atoms with van der Waals surface area (Å²) in [7, 11) is -2.28. The van der Waals surface area contributed by atoms with Crippen molar-refractivity contribution in [2.24, 2.45) is 5.92 Å². The average Bonchev–Trinajstić information content (AvgIpc) is 3.14. The second kappa shape index (κ2) is 7.09. The van der Waals surface area contributed by atoms with Crippen molar-refractivity contribution >= 4 is 31.6 Å². The zero-order chi connectivity index (χ0) is 19.2. The fourth-order valence-electron chi connectivity index (χ4n) is 4.22. The van der Waals surface area contributed by atoms with Crippen molar-refractivity contribution < 1.29 is 18.3 Å². The standard InChI is InChI=1S/C19H21BrN2O4S/c1-26-17-4-2-3-5-18(17)27(24,25)22-9-8-13-16(11-23)21-15-7-6-12(20)10-14(15)19(13)22/h2-7,10,13,16,19,21,23H,8-9,11H2,1H3/t13-,16+,19-/m0/s1. The molecule has 2 N–H and O–H groups in total. The van der Waals surface area contributed by atoms with Gasteiger partial charge in [-0.3, -0.25) is 0 Å². The fourth-order valence-corrected chi connectivity index (χ4v) is 6.42. The first-order valence-corrected chi connectivity index (χ1v) is 11.0. The molecule has 0 bridgehead atoms. The van der Waals surface area contributed by atoms with Crippen molar-refractivity contribution in [3.63, 3.8) is 0 Å². The maximum absolute atomic E-state index is 13.5. The van der Waals surface area contributed by atoms with Gasteiger partial charge in [0.2, 0.25) is 10.0 Å². The quantitative estimate of drug-likeness (QED) is 0.745. The number of fused-ring (bicyclic) bond motifs is 3. The number of halogens is 1. The lowest BCUT2D eigenvalue weighted by Gasteiger charge is -2.38. The summed E-state index contributed by atoms with van der Waals surface area (Å²) in [6.07, 6.45) is 0.684. The number of para-hydroxylation sites is 1. The molecule has 27 heavy (non-hydrogen) atoms. The summed E-state index contributed by atoms with van der Waals surface area (Å²) in [6.45, 7) is 0.360. The molecule has 4 rings (SSSR count). The maximum Gasteiger partial charge on any atom is 0.247 e. The lowest BCUT2D eigenvalue weighted by atomic mass is 9.84. The van der Waals surface area contributed by atoms with Gasteiger partial charge in [-0.05, 0) is 42.3 Å². The van der Waals surface area contributed by atoms with Crippen LogP contribution < -0.4 is 10.1 Å². The summed E-state index contributed by atoms with van der Waals surface area (Å²) in [5, 5.41) is 13.2. The Morgan fingerprint density at radius 3 is 2.81 bits per heavy atom. The zero-order valence-electron chi connectivity index (χ0n) is 14.8. The first kappa shape index (κ1) is 18.7. The van der Waals surface area contributed by atoms with E-state index in [1.807, 2.05) is 18.2 Å². The first-order valence-electron chi connectivity index (χ1n) is 8.79. The van der Waals surface area contributed by atoms with Crippen LogP contribution in [-0.4, -0.2) is 44.1 Å². The number of methoxy groups -OCH3 is 1. The van der Waals surface area contributed by atoms with Crippen molar-refractivity contribution in [2.75, 3.05) is 25.6 Å². The number of ether oxygens (including phenoxy) is 1. The third kappa shape index (κ3) is 3.04. The third-order valence-electron chi connectivity index (χ3n) is 5.44. The lowest BCUT2D eigenvalue weighted by Crippen LogP contribution is -2.42. The SMILES string of the molecule is COc1ccccc1S(=O)(=O)N1CC[C@@H]2[C@H]1c1cc(Br)ccc1N[C@@H]2CO. The monoisotopic (exact) mass is 452 g/mol. The Labute approximate surface area is 167 Å². The molecular weight excluding hydrogens is 432 g/mol. The van der Waals surface area contributed by atoms with Gasteiger partial charge in [-0.25, -0.2) is 8.42 Å². The van der Waals surface area contributed by atoms with E-state index >= 15 is 0 Å². The fraction of sp³-hybridized carbons (Fsp3) is 0.368. The summed E-state index contributed by atoms with van der Waals surface area (Å²) in [6, 6.07) is 12.0. The number of aliphatic hydroxyl groups is 1. The number of sulfonamides is 1. The van der Waals surface area contributed by atoms with Gasteiger partial charge >= 0.3 is 0 Å². The molecule has 0 aliphatic carbocycles. The van der Waals surface area contributed by atoms with E-state index < -0.39 is 10.0 Å². The van der Waals surface area contributed by atoms with E-state index in [-0.39, 0.29) is 29.5 Å². The molecule has 0 amide bonds. The smallest absolute Gasteiger partial charge is 0.247 e. The van der Waals surface area contributed by atoms with Gasteiger partial charge in [0.05, 0.1) is 25.8 Å². The molecule has 6 nitrogen and oxygen atoms in total. The van der Waals surface area contributed by atoms with Crippen molar-refractivity contribution in [1.29, 1.82) is 0 Å². The molecule has 0 radical (unpaired) electrons. The van der Waals surface area contributed by atoms with E-state index in [4.69, 9.17) is 4.74 Å². The minimum Gasteiger partial charge on any atom is -0.495 e. The normalized spacial score (nSPS) is 24.8. The lowest BCUT2D eigenvalue weighted by molar-refractivity contribution is 0.210. The van der Waals surface area contributed by atoms with E-state index in [1.54, 1.807) is 28.6 Å². The first-order chi connectivity index (χ1) is 13.0. The topological polar surface area (TPSA) is 78.9 Å². The van der Waals surface area contributed by atoms with Crippen LogP contribution in [0, 0.1) is 5.92 Å². The molecule has 3 atom stereocenters. The largest absolute Gasteiger partial charge is 0.495 e. The molecule has 144 valence electrons. The Bertz CT molecular complexity index is 966. The van der Waals surface area contributed by atoms with Crippen LogP contribution in [0.5, 0.6) is 5.75 Å². The van der Waals surface area contributed by atoms with Gasteiger partial charge in [0.1, 0.15) is 10.6 Å². The number of anilines is 1. The third-order valence-corrected chi connectivity index (χ3v) is 7.85. The van der Waals surface area contributed by atoms with Gasteiger partial charge in [-0.15, -0.1) is 0 Å². The summed E-state index contributed by atoms with van der Waals surface area (Å²) >= 11 is 3.49. The summed E-state index contributed by atoms with van der Waals surface area (Å²) in [5.74, 6) is 0.337. The van der Waals surface area contributed by atoms with E-state index in [0.29, 0.717) is 18.7 Å². The molecule has 1 fully saturated rings. The highest BCUT2D eigenvalue weighted by atomic mass is 79.9. The van der Waals surface area contributed by atoms with E-state index in [2.05, 4.69) is 21.2 Å². The van der Waals surface area contributed by atoms with Crippen molar-refractivity contribution in [3.05, 3.63) is 52.5 Å². The van der Waals surface area contributed by atoms with Crippen LogP contribution in [0.1, 0.15) is 18.0 Å². The van der Waals surface area contributed by atoms with Gasteiger partial charge in [-0.1, -0.05) is 28.1 Å². The number of nitrogens with zero attached hydrogens (tertiary/aromatic N) is 1. The molecule has 0 spiro atoms. The Kier molecular flexibility index (Phi) is 4.92. The number of benzene rings is 2. The van der Waals surface area contributed by atoms with E-state index in [9.17, 15) is 13.5 Å². The van der Waals surface area contributed by atoms with Gasteiger partial charge in [0.15, 0.2) is 0 Å². The Morgan fingerprint density at radius 1 is 1.30 bits per heavy atom. The predicted octanol–water partition coefficient (Wildman–Crippen LogP) is 3.00. The minimum absolute atomic E-state index is 0.00119. The number of hydrogen-bond donors (Lipinski definition) is 2. The molecule has 0 aromatic heterocycles. The maximum atomic E-state index is 13.5. The Balaban J connectivity index is 1.83. The molecule has 2 heterocycles. The number of aliphatic hydroxyl groups excluding tert-OH is 1. The number of rotatable bonds is 4. The highest BCUT2D eigenvalue weighted by molar-refractivity contribution is 9.10. The Hall–Kier alpha value is -1.61. The summed E-state index contributed by atoms with van der Waals surface area (Å²) in [4.78, 5) is 0.170. The second-order valence-electron chi connectivity index (χ2n) is 6.83. The average molecular weight is 453 g/mol. The molecular formula is C19H21BrN2O4S. The molecule has 2 aromatic carbocycles. The zero-order valence-corrected chi connectivity index (χ0v) is 17.2. The van der Waals surface area contributed by atoms with Crippen LogP contribution in [0.15, 0.2) is 51.8 Å². The molecule has 1 saturated heterocycles. The van der Waals surface area contributed by atoms with Gasteiger partial charge in [-0.2, -0.15) is 4.31 Å². The molecule has 8 heteroatoms. The van der Waals surface area contributed by atoms with Crippen LogP contribution in [-0.2, 0) is 10.0 Å². The van der Waals surface area contributed by atoms with Crippen LogP contribution in [0.25, 0.3) is 0 Å². The number of hydrogen-bond acceptors (Lipinski definition) is 5. The van der Waals surface area contributed by atoms with Crippen LogP contribution >= 0.6 is 15.9 Å². The van der Waals surface area contributed by atoms with Gasteiger partial charge in [0, 0.05) is 22.6 Å². The van der Waals surface area contributed by atoms with Gasteiger partial charge < -0.3 is 15.2 Å². The Morgan fingerprint density at radius 2 is 2.07 bits per heavy atom. The van der Waals surface area contributed by atoms with Crippen molar-refractivity contribution in [3.8, 4) is 5.75 Å². The van der Waals surface area contributed by atoms with Crippen LogP contribution in [0.4, 0.5) is 5.69 Å². The van der Waals surface area contributed by atoms with Crippen LogP contribution in [0.3, 0.4) is 0 Å². The molecule has 0 unspecified atom stereocenters. The van der Waals surface area contributed by atoms with Crippen molar-refractivity contribution in [2.45, 2.75) is 23.4 Å². The molecule has 0 saturated carbocycles. The van der Waals surface area contributed by atoms with E-state index in [1.165, 1.54) is 7.11 Å². The van der Waals surface area contributed by atoms with E-state index in [0.717, 1.165) is 15.7 Å². The second-order valence-corrected chi connectivity index (χ2v) is 9.60.